The Balaban J connectivity index is 1.58. The Kier molecular flexibility index (Phi) is 3.57. The minimum absolute atomic E-state index is 0.0554. The molecule has 0 aliphatic carbocycles. The minimum atomic E-state index is -0.420. The van der Waals surface area contributed by atoms with Crippen LogP contribution in [0.5, 0.6) is 17.2 Å². The van der Waals surface area contributed by atoms with Gasteiger partial charge < -0.3 is 19.0 Å². The van der Waals surface area contributed by atoms with Crippen LogP contribution in [0.1, 0.15) is 35.6 Å². The number of furan rings is 1. The quantitative estimate of drug-likeness (QED) is 0.755. The van der Waals surface area contributed by atoms with E-state index in [1.165, 1.54) is 7.11 Å². The summed E-state index contributed by atoms with van der Waals surface area (Å²) >= 11 is 0. The number of hydrazone groups is 1. The molecule has 2 aliphatic rings. The Morgan fingerprint density at radius 2 is 2.04 bits per heavy atom. The van der Waals surface area contributed by atoms with E-state index in [0.29, 0.717) is 11.5 Å². The molecule has 2 aliphatic heterocycles. The van der Waals surface area contributed by atoms with Crippen LogP contribution in [0.2, 0.25) is 0 Å². The fourth-order valence-electron chi connectivity index (χ4n) is 3.69. The molecule has 3 aromatic rings. The summed E-state index contributed by atoms with van der Waals surface area (Å²) in [5.41, 5.74) is 2.93. The van der Waals surface area contributed by atoms with Crippen LogP contribution in [-0.2, 0) is 0 Å². The predicted octanol–water partition coefficient (Wildman–Crippen LogP) is 4.24. The van der Waals surface area contributed by atoms with Crippen molar-refractivity contribution in [1.82, 2.24) is 5.01 Å². The third-order valence-corrected chi connectivity index (χ3v) is 5.00. The molecule has 0 bridgehead atoms. The number of phenolic OH excluding ortho intramolecular Hbond substituents is 1. The van der Waals surface area contributed by atoms with E-state index in [0.717, 1.165) is 29.0 Å². The lowest BCUT2D eigenvalue weighted by molar-refractivity contribution is -0.0325. The minimum Gasteiger partial charge on any atom is -0.504 e. The van der Waals surface area contributed by atoms with Crippen molar-refractivity contribution >= 4 is 5.71 Å². The van der Waals surface area contributed by atoms with Gasteiger partial charge in [-0.15, -0.1) is 0 Å². The molecule has 2 aromatic carbocycles. The van der Waals surface area contributed by atoms with E-state index in [4.69, 9.17) is 19.0 Å². The van der Waals surface area contributed by atoms with Gasteiger partial charge in [0.2, 0.25) is 6.23 Å². The number of nitrogens with zero attached hydrogens (tertiary/aromatic N) is 2. The summed E-state index contributed by atoms with van der Waals surface area (Å²) in [6.07, 6.45) is 1.95. The molecule has 6 nitrogen and oxygen atoms in total. The molecule has 0 spiro atoms. The second-order valence-electron chi connectivity index (χ2n) is 6.56. The van der Waals surface area contributed by atoms with Crippen LogP contribution >= 0.6 is 0 Å². The summed E-state index contributed by atoms with van der Waals surface area (Å²) in [6, 6.07) is 17.1. The molecule has 27 heavy (non-hydrogen) atoms. The van der Waals surface area contributed by atoms with Crippen molar-refractivity contribution < 1.29 is 19.0 Å². The molecule has 0 saturated carbocycles. The number of rotatable bonds is 3. The Hall–Kier alpha value is -3.41. The van der Waals surface area contributed by atoms with Gasteiger partial charge in [0.1, 0.15) is 5.75 Å². The number of benzene rings is 2. The van der Waals surface area contributed by atoms with Gasteiger partial charge in [-0.05, 0) is 36.4 Å². The lowest BCUT2D eigenvalue weighted by Crippen LogP contribution is -2.33. The maximum Gasteiger partial charge on any atom is 0.246 e. The topological polar surface area (TPSA) is 67.4 Å². The molecule has 136 valence electrons. The summed E-state index contributed by atoms with van der Waals surface area (Å²) in [7, 11) is 1.54. The van der Waals surface area contributed by atoms with Crippen molar-refractivity contribution in [2.24, 2.45) is 5.10 Å². The van der Waals surface area contributed by atoms with E-state index in [1.54, 1.807) is 18.4 Å². The smallest absolute Gasteiger partial charge is 0.246 e. The van der Waals surface area contributed by atoms with E-state index >= 15 is 0 Å². The molecule has 1 aromatic heterocycles. The van der Waals surface area contributed by atoms with Crippen molar-refractivity contribution in [2.75, 3.05) is 7.11 Å². The molecule has 0 amide bonds. The Labute approximate surface area is 156 Å². The average Bonchev–Trinajstić information content (AvgIpc) is 3.38. The molecule has 0 unspecified atom stereocenters. The molecule has 6 heteroatoms. The first-order valence-corrected chi connectivity index (χ1v) is 8.77. The number of methoxy groups -OCH3 is 1. The van der Waals surface area contributed by atoms with Crippen LogP contribution in [0.3, 0.4) is 0 Å². The maximum atomic E-state index is 9.87. The van der Waals surface area contributed by atoms with Gasteiger partial charge in [0, 0.05) is 17.5 Å². The monoisotopic (exact) mass is 362 g/mol. The Morgan fingerprint density at radius 1 is 1.15 bits per heavy atom. The van der Waals surface area contributed by atoms with Crippen LogP contribution < -0.4 is 9.47 Å². The highest BCUT2D eigenvalue weighted by atomic mass is 16.5. The number of hydrogen-bond donors (Lipinski definition) is 1. The van der Waals surface area contributed by atoms with E-state index in [9.17, 15) is 5.11 Å². The molecule has 0 saturated heterocycles. The van der Waals surface area contributed by atoms with Crippen molar-refractivity contribution in [3.63, 3.8) is 0 Å². The largest absolute Gasteiger partial charge is 0.504 e. The summed E-state index contributed by atoms with van der Waals surface area (Å²) in [5, 5.41) is 16.7. The van der Waals surface area contributed by atoms with Crippen molar-refractivity contribution in [3.8, 4) is 17.2 Å². The van der Waals surface area contributed by atoms with E-state index in [2.05, 4.69) is 6.07 Å². The molecule has 0 radical (unpaired) electrons. The summed E-state index contributed by atoms with van der Waals surface area (Å²) in [4.78, 5) is 0. The highest BCUT2D eigenvalue weighted by molar-refractivity contribution is 6.02. The first-order valence-electron chi connectivity index (χ1n) is 8.77. The number of hydrogen-bond acceptors (Lipinski definition) is 6. The lowest BCUT2D eigenvalue weighted by Gasteiger charge is -2.36. The van der Waals surface area contributed by atoms with Crippen LogP contribution in [0.25, 0.3) is 0 Å². The Morgan fingerprint density at radius 3 is 2.85 bits per heavy atom. The average molecular weight is 362 g/mol. The van der Waals surface area contributed by atoms with Gasteiger partial charge in [-0.1, -0.05) is 18.2 Å². The molecule has 1 N–H and O–H groups in total. The van der Waals surface area contributed by atoms with Gasteiger partial charge in [-0.2, -0.15) is 5.10 Å². The normalized spacial score (nSPS) is 20.5. The molecule has 0 fully saturated rings. The summed E-state index contributed by atoms with van der Waals surface area (Å²) in [5.74, 6) is 2.10. The van der Waals surface area contributed by atoms with Crippen molar-refractivity contribution in [3.05, 3.63) is 77.7 Å². The van der Waals surface area contributed by atoms with E-state index in [-0.39, 0.29) is 11.8 Å². The second kappa shape index (κ2) is 6.09. The third kappa shape index (κ3) is 2.52. The Bertz CT molecular complexity index is 1010. The number of phenols is 1. The zero-order chi connectivity index (χ0) is 18.4. The molecule has 3 heterocycles. The predicted molar refractivity (Wildman–Crippen MR) is 98.9 cm³/mol. The molecule has 5 rings (SSSR count). The molecular formula is C21H18N2O4. The van der Waals surface area contributed by atoms with Crippen LogP contribution in [0, 0.1) is 0 Å². The molecule has 2 atom stereocenters. The highest BCUT2D eigenvalue weighted by Gasteiger charge is 2.42. The van der Waals surface area contributed by atoms with Crippen LogP contribution in [-0.4, -0.2) is 22.9 Å². The number of aromatic hydroxyl groups is 1. The van der Waals surface area contributed by atoms with Gasteiger partial charge in [-0.3, -0.25) is 0 Å². The number of para-hydroxylation sites is 1. The standard InChI is InChI=1S/C21H18N2O4/c1-25-20-11-13(8-9-17(20)24)15-12-16-14-5-2-3-6-18(14)27-21(23(16)22-15)19-7-4-10-26-19/h2-11,16,21,24H,12H2,1H3/t16-,21-/m1/s1. The number of fused-ring (bicyclic) bond motifs is 3. The summed E-state index contributed by atoms with van der Waals surface area (Å²) in [6.45, 7) is 0. The van der Waals surface area contributed by atoms with Crippen LogP contribution in [0.4, 0.5) is 0 Å². The molecular weight excluding hydrogens is 344 g/mol. The third-order valence-electron chi connectivity index (χ3n) is 5.00. The number of ether oxygens (including phenoxy) is 2. The van der Waals surface area contributed by atoms with Gasteiger partial charge in [0.25, 0.3) is 0 Å². The fourth-order valence-corrected chi connectivity index (χ4v) is 3.69. The van der Waals surface area contributed by atoms with Crippen LogP contribution in [0.15, 0.2) is 70.4 Å². The zero-order valence-electron chi connectivity index (χ0n) is 14.7. The highest BCUT2D eigenvalue weighted by Crippen LogP contribution is 2.47. The maximum absolute atomic E-state index is 9.87. The van der Waals surface area contributed by atoms with Crippen molar-refractivity contribution in [2.45, 2.75) is 18.7 Å². The first kappa shape index (κ1) is 15.8. The lowest BCUT2D eigenvalue weighted by atomic mass is 9.96. The SMILES string of the molecule is COc1cc(C2=NN3[C@H](C2)c2ccccc2O[C@@H]3c2ccco2)ccc1O. The first-order chi connectivity index (χ1) is 13.2. The van der Waals surface area contributed by atoms with Gasteiger partial charge >= 0.3 is 0 Å². The van der Waals surface area contributed by atoms with Gasteiger partial charge in [0.05, 0.1) is 25.1 Å². The van der Waals surface area contributed by atoms with Crippen molar-refractivity contribution in [1.29, 1.82) is 0 Å². The second-order valence-corrected chi connectivity index (χ2v) is 6.56. The zero-order valence-corrected chi connectivity index (χ0v) is 14.7. The van der Waals surface area contributed by atoms with E-state index in [1.807, 2.05) is 41.4 Å². The summed E-state index contributed by atoms with van der Waals surface area (Å²) < 4.78 is 17.0. The van der Waals surface area contributed by atoms with Gasteiger partial charge in [0.15, 0.2) is 17.3 Å². The van der Waals surface area contributed by atoms with Gasteiger partial charge in [-0.25, -0.2) is 5.01 Å². The fraction of sp³-hybridized carbons (Fsp3) is 0.190. The van der Waals surface area contributed by atoms with E-state index < -0.39 is 6.23 Å².